The molecular weight excluding hydrogens is 284 g/mol. The van der Waals surface area contributed by atoms with Crippen molar-refractivity contribution in [3.8, 4) is 0 Å². The minimum absolute atomic E-state index is 0.184. The predicted molar refractivity (Wildman–Crippen MR) is 93.6 cm³/mol. The Morgan fingerprint density at radius 1 is 1.13 bits per heavy atom. The van der Waals surface area contributed by atoms with Crippen molar-refractivity contribution in [3.63, 3.8) is 0 Å². The summed E-state index contributed by atoms with van der Waals surface area (Å²) in [5, 5.41) is 10.2. The van der Waals surface area contributed by atoms with E-state index in [2.05, 4.69) is 24.3 Å². The summed E-state index contributed by atoms with van der Waals surface area (Å²) >= 11 is 0. The van der Waals surface area contributed by atoms with Gasteiger partial charge in [-0.1, -0.05) is 24.3 Å². The van der Waals surface area contributed by atoms with E-state index in [4.69, 9.17) is 0 Å². The lowest BCUT2D eigenvalue weighted by molar-refractivity contribution is -0.132. The molecule has 2 aliphatic carbocycles. The van der Waals surface area contributed by atoms with Crippen molar-refractivity contribution in [2.24, 2.45) is 5.41 Å². The summed E-state index contributed by atoms with van der Waals surface area (Å²) in [6.45, 7) is 3.64. The van der Waals surface area contributed by atoms with Gasteiger partial charge in [0.05, 0.1) is 5.60 Å². The number of hydrogen-bond donors (Lipinski definition) is 1. The second kappa shape index (κ2) is 6.39. The number of hydrogen-bond acceptors (Lipinski definition) is 2. The van der Waals surface area contributed by atoms with Crippen LogP contribution >= 0.6 is 0 Å². The molecule has 0 bridgehead atoms. The molecule has 0 heterocycles. The number of carbonyl (C=O) groups excluding carboxylic acids is 1. The van der Waals surface area contributed by atoms with Crippen molar-refractivity contribution >= 4 is 5.78 Å². The Labute approximate surface area is 140 Å². The summed E-state index contributed by atoms with van der Waals surface area (Å²) in [6.07, 6.45) is 8.97. The third-order valence-electron chi connectivity index (χ3n) is 6.18. The Morgan fingerprint density at radius 3 is 2.26 bits per heavy atom. The van der Waals surface area contributed by atoms with Crippen LogP contribution in [0.3, 0.4) is 0 Å². The van der Waals surface area contributed by atoms with Gasteiger partial charge in [0.25, 0.3) is 0 Å². The molecule has 0 amide bonds. The van der Waals surface area contributed by atoms with Crippen LogP contribution in [0.5, 0.6) is 0 Å². The standard InChI is InChI=1S/C21H30O2/c1-16(22)21(14-12-20(2,23)13-15-21)11-3-4-17-5-7-18(8-6-17)19-9-10-19/h5-8,19,23H,3-4,9-15H2,1-2H3. The highest BCUT2D eigenvalue weighted by molar-refractivity contribution is 5.82. The van der Waals surface area contributed by atoms with Gasteiger partial charge in [0.1, 0.15) is 5.78 Å². The second-order valence-corrected chi connectivity index (χ2v) is 8.20. The fourth-order valence-corrected chi connectivity index (χ4v) is 4.05. The van der Waals surface area contributed by atoms with Crippen LogP contribution in [0.4, 0.5) is 0 Å². The summed E-state index contributed by atoms with van der Waals surface area (Å²) in [7, 11) is 0. The summed E-state index contributed by atoms with van der Waals surface area (Å²) in [4.78, 5) is 12.2. The van der Waals surface area contributed by atoms with Gasteiger partial charge in [0.15, 0.2) is 0 Å². The minimum Gasteiger partial charge on any atom is -0.390 e. The topological polar surface area (TPSA) is 37.3 Å². The summed E-state index contributed by atoms with van der Waals surface area (Å²) < 4.78 is 0. The molecule has 0 atom stereocenters. The van der Waals surface area contributed by atoms with Crippen LogP contribution in [0.25, 0.3) is 0 Å². The Bertz CT molecular complexity index is 542. The van der Waals surface area contributed by atoms with Crippen LogP contribution in [-0.4, -0.2) is 16.5 Å². The fraction of sp³-hybridized carbons (Fsp3) is 0.667. The molecule has 0 spiro atoms. The average molecular weight is 314 g/mol. The lowest BCUT2D eigenvalue weighted by Gasteiger charge is -2.41. The first-order valence-corrected chi connectivity index (χ1v) is 9.23. The number of aliphatic hydroxyl groups is 1. The van der Waals surface area contributed by atoms with Crippen molar-refractivity contribution < 1.29 is 9.90 Å². The highest BCUT2D eigenvalue weighted by Crippen LogP contribution is 2.45. The number of aryl methyl sites for hydroxylation is 1. The van der Waals surface area contributed by atoms with E-state index >= 15 is 0 Å². The molecular formula is C21H30O2. The monoisotopic (exact) mass is 314 g/mol. The van der Waals surface area contributed by atoms with E-state index in [0.717, 1.165) is 50.9 Å². The highest BCUT2D eigenvalue weighted by Gasteiger charge is 2.42. The molecule has 2 aliphatic rings. The van der Waals surface area contributed by atoms with Crippen molar-refractivity contribution in [1.29, 1.82) is 0 Å². The van der Waals surface area contributed by atoms with Crippen molar-refractivity contribution in [2.75, 3.05) is 0 Å². The first-order chi connectivity index (χ1) is 10.9. The van der Waals surface area contributed by atoms with Gasteiger partial charge in [-0.2, -0.15) is 0 Å². The van der Waals surface area contributed by atoms with Gasteiger partial charge >= 0.3 is 0 Å². The quantitative estimate of drug-likeness (QED) is 0.820. The number of rotatable bonds is 6. The van der Waals surface area contributed by atoms with E-state index in [1.165, 1.54) is 24.0 Å². The lowest BCUT2D eigenvalue weighted by Crippen LogP contribution is -2.40. The van der Waals surface area contributed by atoms with Gasteiger partial charge in [-0.25, -0.2) is 0 Å². The third kappa shape index (κ3) is 4.03. The van der Waals surface area contributed by atoms with E-state index in [9.17, 15) is 9.90 Å². The smallest absolute Gasteiger partial charge is 0.135 e. The van der Waals surface area contributed by atoms with Crippen LogP contribution in [0.2, 0.25) is 0 Å². The summed E-state index contributed by atoms with van der Waals surface area (Å²) in [5.41, 5.74) is 2.12. The van der Waals surface area contributed by atoms with Gasteiger partial charge < -0.3 is 5.11 Å². The Morgan fingerprint density at radius 2 is 1.74 bits per heavy atom. The zero-order valence-electron chi connectivity index (χ0n) is 14.6. The summed E-state index contributed by atoms with van der Waals surface area (Å²) in [6, 6.07) is 9.09. The van der Waals surface area contributed by atoms with Crippen molar-refractivity contribution in [3.05, 3.63) is 35.4 Å². The normalized spacial score (nSPS) is 31.1. The number of benzene rings is 1. The Hall–Kier alpha value is -1.15. The molecule has 23 heavy (non-hydrogen) atoms. The molecule has 2 saturated carbocycles. The van der Waals surface area contributed by atoms with Gasteiger partial charge in [-0.3, -0.25) is 4.79 Å². The molecule has 126 valence electrons. The van der Waals surface area contributed by atoms with Gasteiger partial charge in [-0.15, -0.1) is 0 Å². The third-order valence-corrected chi connectivity index (χ3v) is 6.18. The number of Topliss-reactive ketones (excluding diaryl/α,β-unsaturated/α-hetero) is 1. The SMILES string of the molecule is CC(=O)C1(CCCc2ccc(C3CC3)cc2)CCC(C)(O)CC1. The van der Waals surface area contributed by atoms with Gasteiger partial charge in [0.2, 0.25) is 0 Å². The maximum absolute atomic E-state index is 12.2. The van der Waals surface area contributed by atoms with Gasteiger partial charge in [-0.05, 0) is 88.7 Å². The minimum atomic E-state index is -0.572. The highest BCUT2D eigenvalue weighted by atomic mass is 16.3. The van der Waals surface area contributed by atoms with Crippen LogP contribution in [0.1, 0.15) is 82.3 Å². The predicted octanol–water partition coefficient (Wildman–Crippen LogP) is 4.79. The zero-order chi connectivity index (χ0) is 16.5. The molecule has 0 aromatic heterocycles. The molecule has 2 heteroatoms. The molecule has 0 unspecified atom stereocenters. The number of carbonyl (C=O) groups is 1. The van der Waals surface area contributed by atoms with Crippen LogP contribution in [0, 0.1) is 5.41 Å². The molecule has 3 rings (SSSR count). The maximum atomic E-state index is 12.2. The molecule has 2 fully saturated rings. The first kappa shape index (κ1) is 16.7. The zero-order valence-corrected chi connectivity index (χ0v) is 14.6. The van der Waals surface area contributed by atoms with E-state index in [1.54, 1.807) is 6.92 Å². The fourth-order valence-electron chi connectivity index (χ4n) is 4.05. The first-order valence-electron chi connectivity index (χ1n) is 9.23. The van der Waals surface area contributed by atoms with Crippen LogP contribution in [-0.2, 0) is 11.2 Å². The molecule has 1 N–H and O–H groups in total. The van der Waals surface area contributed by atoms with E-state index < -0.39 is 5.60 Å². The van der Waals surface area contributed by atoms with E-state index in [-0.39, 0.29) is 5.41 Å². The van der Waals surface area contributed by atoms with Crippen molar-refractivity contribution in [2.45, 2.75) is 83.2 Å². The molecule has 1 aromatic rings. The maximum Gasteiger partial charge on any atom is 0.135 e. The Balaban J connectivity index is 1.54. The van der Waals surface area contributed by atoms with E-state index in [1.807, 2.05) is 6.92 Å². The molecule has 1 aromatic carbocycles. The van der Waals surface area contributed by atoms with Gasteiger partial charge in [0, 0.05) is 5.41 Å². The summed E-state index contributed by atoms with van der Waals surface area (Å²) in [5.74, 6) is 1.14. The van der Waals surface area contributed by atoms with Crippen LogP contribution in [0.15, 0.2) is 24.3 Å². The molecule has 0 aliphatic heterocycles. The number of ketones is 1. The van der Waals surface area contributed by atoms with Crippen LogP contribution < -0.4 is 0 Å². The Kier molecular flexibility index (Phi) is 4.64. The largest absolute Gasteiger partial charge is 0.390 e. The molecule has 0 saturated heterocycles. The van der Waals surface area contributed by atoms with Crippen molar-refractivity contribution in [1.82, 2.24) is 0 Å². The lowest BCUT2D eigenvalue weighted by atomic mass is 9.65. The molecule has 2 nitrogen and oxygen atoms in total. The molecule has 0 radical (unpaired) electrons. The second-order valence-electron chi connectivity index (χ2n) is 8.20. The average Bonchev–Trinajstić information content (AvgIpc) is 3.34. The van der Waals surface area contributed by atoms with E-state index in [0.29, 0.717) is 5.78 Å².